The van der Waals surface area contributed by atoms with E-state index >= 15 is 0 Å². The van der Waals surface area contributed by atoms with Crippen LogP contribution in [0.25, 0.3) is 0 Å². The third kappa shape index (κ3) is 20.5. The van der Waals surface area contributed by atoms with Gasteiger partial charge < -0.3 is 9.84 Å². The Hall–Kier alpha value is 0.144. The molecule has 0 heterocycles. The summed E-state index contributed by atoms with van der Waals surface area (Å²) in [6.07, 6.45) is 20.6. The van der Waals surface area contributed by atoms with Crippen molar-refractivity contribution < 1.29 is 36.4 Å². The molecule has 154 valence electrons. The second-order valence-electron chi connectivity index (χ2n) is 7.44. The number of hydrogen-bond acceptors (Lipinski definition) is 2. The Balaban J connectivity index is 0. The van der Waals surface area contributed by atoms with Gasteiger partial charge in [0.1, 0.15) is 0 Å². The molecule has 0 radical (unpaired) electrons. The predicted molar refractivity (Wildman–Crippen MR) is 107 cm³/mol. The van der Waals surface area contributed by atoms with Crippen molar-refractivity contribution in [2.24, 2.45) is 0 Å². The second-order valence-corrected chi connectivity index (χ2v) is 7.44. The maximum atomic E-state index is 11.1. The van der Waals surface area contributed by atoms with E-state index in [0.717, 1.165) is 25.7 Å². The van der Waals surface area contributed by atoms with Crippen LogP contribution >= 0.6 is 0 Å². The molecule has 1 N–H and O–H groups in total. The smallest absolute Gasteiger partial charge is 0.332 e. The van der Waals surface area contributed by atoms with E-state index in [1.165, 1.54) is 77.0 Å². The average molecular weight is 404 g/mol. The summed E-state index contributed by atoms with van der Waals surface area (Å²) in [5, 5.41) is 9.15. The van der Waals surface area contributed by atoms with E-state index in [0.29, 0.717) is 13.0 Å². The molecule has 26 heavy (non-hydrogen) atoms. The molecule has 0 spiro atoms. The summed E-state index contributed by atoms with van der Waals surface area (Å²) < 4.78 is 5.46. The fraction of sp³-hybridized carbons (Fsp3) is 0.955. The first-order valence-corrected chi connectivity index (χ1v) is 11.1. The second kappa shape index (κ2) is 23.2. The van der Waals surface area contributed by atoms with Gasteiger partial charge in [-0.15, -0.1) is 0 Å². The quantitative estimate of drug-likeness (QED) is 0.173. The minimum Gasteiger partial charge on any atom is -0.479 e. The first-order valence-electron chi connectivity index (χ1n) is 11.1. The van der Waals surface area contributed by atoms with Crippen molar-refractivity contribution >= 4 is 5.97 Å². The molecule has 0 saturated carbocycles. The van der Waals surface area contributed by atoms with Crippen LogP contribution < -0.4 is 0 Å². The van der Waals surface area contributed by atoms with E-state index in [2.05, 4.69) is 13.8 Å². The normalized spacial score (nSPS) is 11.9. The summed E-state index contributed by atoms with van der Waals surface area (Å²) >= 11 is 0. The third-order valence-corrected chi connectivity index (χ3v) is 4.91. The van der Waals surface area contributed by atoms with Crippen LogP contribution in [0, 0.1) is 0 Å². The molecule has 0 aromatic rings. The molecular formula is C22H44O3Ti. The number of carboxylic acids is 1. The van der Waals surface area contributed by atoms with E-state index in [-0.39, 0.29) is 21.7 Å². The number of carbonyl (C=O) groups is 1. The van der Waals surface area contributed by atoms with E-state index in [1.807, 2.05) is 0 Å². The molecule has 0 saturated heterocycles. The largest absolute Gasteiger partial charge is 0.479 e. The van der Waals surface area contributed by atoms with Crippen LogP contribution in [0.3, 0.4) is 0 Å². The van der Waals surface area contributed by atoms with Crippen LogP contribution in [0.4, 0.5) is 0 Å². The van der Waals surface area contributed by atoms with Gasteiger partial charge in [-0.25, -0.2) is 4.79 Å². The van der Waals surface area contributed by atoms with Crippen LogP contribution in [-0.2, 0) is 31.2 Å². The topological polar surface area (TPSA) is 46.5 Å². The maximum absolute atomic E-state index is 11.1. The Morgan fingerprint density at radius 1 is 0.692 bits per heavy atom. The van der Waals surface area contributed by atoms with Gasteiger partial charge in [0.15, 0.2) is 6.10 Å². The summed E-state index contributed by atoms with van der Waals surface area (Å²) in [7, 11) is 0. The maximum Gasteiger partial charge on any atom is 0.332 e. The zero-order valence-electron chi connectivity index (χ0n) is 17.6. The molecule has 0 bridgehead atoms. The number of carboxylic acid groups (broad SMARTS) is 1. The Bertz CT molecular complexity index is 285. The number of aliphatic carboxylic acids is 1. The van der Waals surface area contributed by atoms with Crippen LogP contribution in [0.1, 0.15) is 123 Å². The molecule has 0 aromatic heterocycles. The third-order valence-electron chi connectivity index (χ3n) is 4.91. The molecule has 0 amide bonds. The molecule has 0 rings (SSSR count). The van der Waals surface area contributed by atoms with Crippen LogP contribution in [0.2, 0.25) is 0 Å². The summed E-state index contributed by atoms with van der Waals surface area (Å²) in [5.74, 6) is -0.800. The Labute approximate surface area is 177 Å². The fourth-order valence-electron chi connectivity index (χ4n) is 3.17. The molecule has 0 aliphatic heterocycles. The van der Waals surface area contributed by atoms with Crippen molar-refractivity contribution in [1.29, 1.82) is 0 Å². The van der Waals surface area contributed by atoms with Crippen molar-refractivity contribution in [3.05, 3.63) is 0 Å². The van der Waals surface area contributed by atoms with Crippen molar-refractivity contribution in [3.8, 4) is 0 Å². The monoisotopic (exact) mass is 404 g/mol. The Kier molecular flexibility index (Phi) is 25.3. The van der Waals surface area contributed by atoms with Gasteiger partial charge in [-0.3, -0.25) is 0 Å². The minimum absolute atomic E-state index is 0. The molecular weight excluding hydrogens is 360 g/mol. The standard InChI is InChI=1S/C22H44O3.Ti/c1-3-5-7-8-9-10-11-12-13-14-15-16-17-18-19-21(22(23)24)25-20-6-4-2;/h21H,3-20H2,1-2H3,(H,23,24);. The molecule has 0 aliphatic carbocycles. The molecule has 4 heteroatoms. The number of rotatable bonds is 20. The number of unbranched alkanes of at least 4 members (excludes halogenated alkanes) is 14. The minimum atomic E-state index is -0.800. The van der Waals surface area contributed by atoms with Gasteiger partial charge in [-0.1, -0.05) is 110 Å². The SMILES string of the molecule is CCCCCCCCCCCCCCCCC(OCCCC)C(=O)O.[Ti]. The average Bonchev–Trinajstić information content (AvgIpc) is 2.60. The van der Waals surface area contributed by atoms with Gasteiger partial charge in [-0.05, 0) is 12.8 Å². The zero-order valence-corrected chi connectivity index (χ0v) is 19.1. The first kappa shape index (κ1) is 28.4. The zero-order chi connectivity index (χ0) is 18.6. The summed E-state index contributed by atoms with van der Waals surface area (Å²) in [5.41, 5.74) is 0. The molecule has 1 atom stereocenters. The molecule has 3 nitrogen and oxygen atoms in total. The van der Waals surface area contributed by atoms with Crippen molar-refractivity contribution in [1.82, 2.24) is 0 Å². The van der Waals surface area contributed by atoms with E-state index < -0.39 is 12.1 Å². The van der Waals surface area contributed by atoms with E-state index in [4.69, 9.17) is 9.84 Å². The van der Waals surface area contributed by atoms with Gasteiger partial charge in [0, 0.05) is 28.3 Å². The van der Waals surface area contributed by atoms with Gasteiger partial charge in [-0.2, -0.15) is 0 Å². The number of hydrogen-bond donors (Lipinski definition) is 1. The van der Waals surface area contributed by atoms with E-state index in [1.54, 1.807) is 0 Å². The molecule has 0 fully saturated rings. The number of ether oxygens (including phenoxy) is 1. The Morgan fingerprint density at radius 2 is 1.08 bits per heavy atom. The van der Waals surface area contributed by atoms with Crippen LogP contribution in [0.5, 0.6) is 0 Å². The van der Waals surface area contributed by atoms with Gasteiger partial charge in [0.25, 0.3) is 0 Å². The van der Waals surface area contributed by atoms with Crippen LogP contribution in [0.15, 0.2) is 0 Å². The van der Waals surface area contributed by atoms with Gasteiger partial charge >= 0.3 is 5.97 Å². The van der Waals surface area contributed by atoms with Crippen LogP contribution in [-0.4, -0.2) is 23.8 Å². The van der Waals surface area contributed by atoms with Crippen molar-refractivity contribution in [2.45, 2.75) is 129 Å². The predicted octanol–water partition coefficient (Wildman–Crippen LogP) is 7.13. The summed E-state index contributed by atoms with van der Waals surface area (Å²) in [4.78, 5) is 11.1. The van der Waals surface area contributed by atoms with E-state index in [9.17, 15) is 4.79 Å². The molecule has 1 unspecified atom stereocenters. The van der Waals surface area contributed by atoms with Crippen molar-refractivity contribution in [2.75, 3.05) is 6.61 Å². The van der Waals surface area contributed by atoms with Gasteiger partial charge in [0.05, 0.1) is 0 Å². The summed E-state index contributed by atoms with van der Waals surface area (Å²) in [6.45, 7) is 4.94. The van der Waals surface area contributed by atoms with Crippen molar-refractivity contribution in [3.63, 3.8) is 0 Å². The molecule has 0 aliphatic rings. The fourth-order valence-corrected chi connectivity index (χ4v) is 3.17. The van der Waals surface area contributed by atoms with Gasteiger partial charge in [0.2, 0.25) is 0 Å². The Morgan fingerprint density at radius 3 is 1.46 bits per heavy atom. The molecule has 0 aromatic carbocycles. The summed E-state index contributed by atoms with van der Waals surface area (Å²) in [6, 6.07) is 0. The first-order chi connectivity index (χ1) is 12.2.